The van der Waals surface area contributed by atoms with E-state index in [1.165, 1.54) is 0 Å². The quantitative estimate of drug-likeness (QED) is 0.644. The Morgan fingerprint density at radius 3 is 2.48 bits per heavy atom. The van der Waals surface area contributed by atoms with E-state index >= 15 is 0 Å². The molecule has 0 saturated carbocycles. The number of carbonyl (C=O) groups excluding carboxylic acids is 1. The third-order valence-electron chi connectivity index (χ3n) is 4.90. The minimum Gasteiger partial charge on any atom is -0.496 e. The predicted octanol–water partition coefficient (Wildman–Crippen LogP) is 4.04. The number of hydrogen-bond acceptors (Lipinski definition) is 4. The van der Waals surface area contributed by atoms with E-state index in [-0.39, 0.29) is 16.8 Å². The van der Waals surface area contributed by atoms with E-state index in [2.05, 4.69) is 4.98 Å². The molecule has 1 aromatic heterocycles. The van der Waals surface area contributed by atoms with Crippen LogP contribution in [0.2, 0.25) is 0 Å². The zero-order valence-corrected chi connectivity index (χ0v) is 17.2. The third kappa shape index (κ3) is 4.15. The van der Waals surface area contributed by atoms with Crippen molar-refractivity contribution in [3.8, 4) is 16.9 Å². The largest absolute Gasteiger partial charge is 0.496 e. The minimum absolute atomic E-state index is 0.170. The van der Waals surface area contributed by atoms with Crippen molar-refractivity contribution in [2.24, 2.45) is 5.73 Å². The van der Waals surface area contributed by atoms with Crippen molar-refractivity contribution >= 4 is 5.78 Å². The molecule has 0 aliphatic carbocycles. The van der Waals surface area contributed by atoms with Crippen LogP contribution >= 0.6 is 0 Å². The van der Waals surface area contributed by atoms with Gasteiger partial charge in [0, 0.05) is 29.4 Å². The van der Waals surface area contributed by atoms with Crippen molar-refractivity contribution in [1.29, 1.82) is 0 Å². The molecule has 0 spiro atoms. The maximum Gasteiger partial charge on any atom is 0.255 e. The minimum atomic E-state index is -0.295. The van der Waals surface area contributed by atoms with Crippen LogP contribution < -0.4 is 16.0 Å². The van der Waals surface area contributed by atoms with E-state index < -0.39 is 0 Å². The van der Waals surface area contributed by atoms with Crippen molar-refractivity contribution in [3.05, 3.63) is 87.3 Å². The summed E-state index contributed by atoms with van der Waals surface area (Å²) in [5.74, 6) is 0.355. The van der Waals surface area contributed by atoms with Gasteiger partial charge in [-0.15, -0.1) is 0 Å². The maximum atomic E-state index is 13.4. The lowest BCUT2D eigenvalue weighted by molar-refractivity contribution is 0.103. The van der Waals surface area contributed by atoms with Crippen LogP contribution in [0.25, 0.3) is 11.1 Å². The molecule has 0 bridgehead atoms. The normalized spacial score (nSPS) is 11.3. The molecular formula is C24H26N2O3. The first-order chi connectivity index (χ1) is 13.8. The summed E-state index contributed by atoms with van der Waals surface area (Å²) >= 11 is 0. The maximum absolute atomic E-state index is 13.4. The van der Waals surface area contributed by atoms with E-state index in [0.29, 0.717) is 34.5 Å². The van der Waals surface area contributed by atoms with Gasteiger partial charge < -0.3 is 15.5 Å². The number of H-pyrrole nitrogens is 1. The SMILES string of the molecule is COc1c(C(=O)c2cccc(CN)c2)cc(-c2ccc[nH]c2=O)cc1C(C)(C)C. The Labute approximate surface area is 170 Å². The predicted molar refractivity (Wildman–Crippen MR) is 116 cm³/mol. The number of carbonyl (C=O) groups is 1. The molecule has 0 radical (unpaired) electrons. The van der Waals surface area contributed by atoms with Crippen LogP contribution in [-0.4, -0.2) is 17.9 Å². The Bertz CT molecular complexity index is 1110. The number of methoxy groups -OCH3 is 1. The summed E-state index contributed by atoms with van der Waals surface area (Å²) in [5, 5.41) is 0. The van der Waals surface area contributed by atoms with Crippen molar-refractivity contribution in [1.82, 2.24) is 4.98 Å². The summed E-state index contributed by atoms with van der Waals surface area (Å²) in [5.41, 5.74) is 9.11. The van der Waals surface area contributed by atoms with Gasteiger partial charge in [0.1, 0.15) is 5.75 Å². The van der Waals surface area contributed by atoms with Gasteiger partial charge in [-0.05, 0) is 46.9 Å². The van der Waals surface area contributed by atoms with Crippen LogP contribution in [-0.2, 0) is 12.0 Å². The number of ketones is 1. The first-order valence-corrected chi connectivity index (χ1v) is 9.50. The fourth-order valence-corrected chi connectivity index (χ4v) is 3.37. The lowest BCUT2D eigenvalue weighted by Crippen LogP contribution is -2.17. The second-order valence-electron chi connectivity index (χ2n) is 8.00. The highest BCUT2D eigenvalue weighted by Gasteiger charge is 2.26. The highest BCUT2D eigenvalue weighted by molar-refractivity contribution is 6.11. The molecule has 2 aromatic carbocycles. The van der Waals surface area contributed by atoms with Crippen LogP contribution in [0.4, 0.5) is 0 Å². The summed E-state index contributed by atoms with van der Waals surface area (Å²) in [4.78, 5) is 28.5. The zero-order valence-electron chi connectivity index (χ0n) is 17.2. The summed E-state index contributed by atoms with van der Waals surface area (Å²) in [6.45, 7) is 6.50. The fourth-order valence-electron chi connectivity index (χ4n) is 3.37. The molecule has 0 fully saturated rings. The van der Waals surface area contributed by atoms with E-state index in [4.69, 9.17) is 10.5 Å². The Hall–Kier alpha value is -3.18. The first-order valence-electron chi connectivity index (χ1n) is 9.50. The summed E-state index contributed by atoms with van der Waals surface area (Å²) < 4.78 is 5.69. The van der Waals surface area contributed by atoms with Gasteiger partial charge in [-0.2, -0.15) is 0 Å². The number of nitrogens with two attached hydrogens (primary N) is 1. The summed E-state index contributed by atoms with van der Waals surface area (Å²) in [6.07, 6.45) is 1.59. The lowest BCUT2D eigenvalue weighted by atomic mass is 9.82. The molecule has 5 nitrogen and oxygen atoms in total. The smallest absolute Gasteiger partial charge is 0.255 e. The molecule has 150 valence electrons. The van der Waals surface area contributed by atoms with E-state index in [1.807, 2.05) is 39.0 Å². The van der Waals surface area contributed by atoms with Crippen LogP contribution in [0.1, 0.15) is 47.8 Å². The highest BCUT2D eigenvalue weighted by atomic mass is 16.5. The lowest BCUT2D eigenvalue weighted by Gasteiger charge is -2.25. The van der Waals surface area contributed by atoms with Gasteiger partial charge in [0.25, 0.3) is 5.56 Å². The number of benzene rings is 2. The van der Waals surface area contributed by atoms with Gasteiger partial charge in [-0.1, -0.05) is 39.0 Å². The number of pyridine rings is 1. The van der Waals surface area contributed by atoms with Crippen LogP contribution in [0, 0.1) is 0 Å². The van der Waals surface area contributed by atoms with Crippen LogP contribution in [0.15, 0.2) is 59.5 Å². The fraction of sp³-hybridized carbons (Fsp3) is 0.250. The van der Waals surface area contributed by atoms with Crippen LogP contribution in [0.3, 0.4) is 0 Å². The van der Waals surface area contributed by atoms with Crippen LogP contribution in [0.5, 0.6) is 5.75 Å². The van der Waals surface area contributed by atoms with Crippen molar-refractivity contribution in [2.45, 2.75) is 32.7 Å². The Kier molecular flexibility index (Phi) is 5.71. The molecule has 0 amide bonds. The number of nitrogens with one attached hydrogen (secondary N) is 1. The molecule has 0 saturated heterocycles. The molecule has 0 aliphatic heterocycles. The highest BCUT2D eigenvalue weighted by Crippen LogP contribution is 2.38. The zero-order chi connectivity index (χ0) is 21.2. The van der Waals surface area contributed by atoms with Gasteiger partial charge in [0.15, 0.2) is 5.78 Å². The van der Waals surface area contributed by atoms with E-state index in [9.17, 15) is 9.59 Å². The van der Waals surface area contributed by atoms with Gasteiger partial charge in [0.2, 0.25) is 0 Å². The molecule has 0 aliphatic rings. The molecule has 3 rings (SSSR count). The summed E-state index contributed by atoms with van der Waals surface area (Å²) in [7, 11) is 1.56. The average Bonchev–Trinajstić information content (AvgIpc) is 2.72. The Morgan fingerprint density at radius 1 is 1.10 bits per heavy atom. The number of aromatic nitrogens is 1. The number of rotatable bonds is 5. The molecular weight excluding hydrogens is 364 g/mol. The topological polar surface area (TPSA) is 85.2 Å². The van der Waals surface area contributed by atoms with Gasteiger partial charge in [-0.3, -0.25) is 9.59 Å². The number of hydrogen-bond donors (Lipinski definition) is 2. The third-order valence-corrected chi connectivity index (χ3v) is 4.90. The number of ether oxygens (including phenoxy) is 1. The molecule has 5 heteroatoms. The molecule has 3 aromatic rings. The molecule has 0 unspecified atom stereocenters. The Morgan fingerprint density at radius 2 is 1.86 bits per heavy atom. The molecule has 0 atom stereocenters. The standard InChI is InChI=1S/C24H26N2O3/c1-24(2,3)20-13-17(18-9-6-10-26-23(18)28)12-19(22(20)29-4)21(27)16-8-5-7-15(11-16)14-25/h5-13H,14,25H2,1-4H3,(H,26,28). The van der Waals surface area contributed by atoms with E-state index in [0.717, 1.165) is 11.1 Å². The van der Waals surface area contributed by atoms with Gasteiger partial charge in [0.05, 0.1) is 12.7 Å². The average molecular weight is 390 g/mol. The first kappa shape index (κ1) is 20.6. The van der Waals surface area contributed by atoms with Gasteiger partial charge in [-0.25, -0.2) is 0 Å². The second kappa shape index (κ2) is 8.05. The van der Waals surface area contributed by atoms with Gasteiger partial charge >= 0.3 is 0 Å². The Balaban J connectivity index is 2.29. The van der Waals surface area contributed by atoms with Crippen molar-refractivity contribution < 1.29 is 9.53 Å². The molecule has 1 heterocycles. The monoisotopic (exact) mass is 390 g/mol. The summed E-state index contributed by atoms with van der Waals surface area (Å²) in [6, 6.07) is 14.4. The second-order valence-corrected chi connectivity index (χ2v) is 8.00. The van der Waals surface area contributed by atoms with E-state index in [1.54, 1.807) is 43.6 Å². The van der Waals surface area contributed by atoms with Crippen molar-refractivity contribution in [3.63, 3.8) is 0 Å². The number of aromatic amines is 1. The molecule has 29 heavy (non-hydrogen) atoms. The molecule has 3 N–H and O–H groups in total. The van der Waals surface area contributed by atoms with Crippen molar-refractivity contribution in [2.75, 3.05) is 7.11 Å².